The number of carbonyl (C=O) groups excluding carboxylic acids is 1. The van der Waals surface area contributed by atoms with Crippen LogP contribution in [0.15, 0.2) is 48.6 Å². The number of esters is 1. The number of carbonyl (C=O) groups is 1. The fraction of sp³-hybridized carbons (Fsp3) is 0.125. The first-order chi connectivity index (χ1) is 11.6. The smallest absolute Gasteiger partial charge is 0.350 e. The van der Waals surface area contributed by atoms with Crippen LogP contribution in [0, 0.1) is 11.3 Å². The van der Waals surface area contributed by atoms with Crippen LogP contribution in [0.1, 0.15) is 6.92 Å². The van der Waals surface area contributed by atoms with Crippen LogP contribution in [-0.2, 0) is 9.53 Å². The Hall–Kier alpha value is -3.11. The minimum atomic E-state index is -0.686. The van der Waals surface area contributed by atoms with Crippen LogP contribution in [0.25, 0.3) is 0 Å². The molecule has 0 saturated carbocycles. The standard InChI is InChI=1S/C16H13ClN4O3/c1-2-23-16(22)11(6-18)7-20-13-3-4-15(21-9-13)24-14-5-12(17)8-19-10-14/h3-5,7-10,20H,2H2,1H3. The molecule has 0 unspecified atom stereocenters. The number of nitriles is 1. The van der Waals surface area contributed by atoms with Crippen molar-refractivity contribution in [2.45, 2.75) is 6.92 Å². The summed E-state index contributed by atoms with van der Waals surface area (Å²) >= 11 is 5.83. The van der Waals surface area contributed by atoms with Gasteiger partial charge < -0.3 is 14.8 Å². The molecule has 7 nitrogen and oxygen atoms in total. The van der Waals surface area contributed by atoms with Gasteiger partial charge in [0.05, 0.1) is 29.7 Å². The van der Waals surface area contributed by atoms with E-state index in [1.54, 1.807) is 31.2 Å². The van der Waals surface area contributed by atoms with E-state index in [0.29, 0.717) is 22.3 Å². The van der Waals surface area contributed by atoms with Crippen LogP contribution in [0.3, 0.4) is 0 Å². The van der Waals surface area contributed by atoms with Gasteiger partial charge in [0.15, 0.2) is 5.57 Å². The highest BCUT2D eigenvalue weighted by atomic mass is 35.5. The molecule has 0 aromatic carbocycles. The summed E-state index contributed by atoms with van der Waals surface area (Å²) in [5.41, 5.74) is 0.436. The molecule has 0 aliphatic carbocycles. The van der Waals surface area contributed by atoms with E-state index in [9.17, 15) is 4.79 Å². The molecule has 0 aliphatic rings. The molecule has 24 heavy (non-hydrogen) atoms. The topological polar surface area (TPSA) is 97.1 Å². The molecule has 0 atom stereocenters. The minimum absolute atomic E-state index is 0.137. The third-order valence-electron chi connectivity index (χ3n) is 2.64. The van der Waals surface area contributed by atoms with Crippen molar-refractivity contribution < 1.29 is 14.3 Å². The lowest BCUT2D eigenvalue weighted by atomic mass is 10.3. The molecule has 0 spiro atoms. The van der Waals surface area contributed by atoms with E-state index in [2.05, 4.69) is 15.3 Å². The van der Waals surface area contributed by atoms with E-state index < -0.39 is 5.97 Å². The van der Waals surface area contributed by atoms with Gasteiger partial charge in [-0.3, -0.25) is 4.98 Å². The highest BCUT2D eigenvalue weighted by molar-refractivity contribution is 6.30. The Balaban J connectivity index is 2.01. The lowest BCUT2D eigenvalue weighted by Crippen LogP contribution is -2.07. The van der Waals surface area contributed by atoms with E-state index in [-0.39, 0.29) is 12.2 Å². The van der Waals surface area contributed by atoms with E-state index in [0.717, 1.165) is 0 Å². The number of hydrogen-bond donors (Lipinski definition) is 1. The summed E-state index contributed by atoms with van der Waals surface area (Å²) in [5.74, 6) is 0.123. The number of ether oxygens (including phenoxy) is 2. The van der Waals surface area contributed by atoms with Gasteiger partial charge in [0.2, 0.25) is 5.88 Å². The van der Waals surface area contributed by atoms with Crippen LogP contribution in [0.2, 0.25) is 5.02 Å². The average Bonchev–Trinajstić information content (AvgIpc) is 2.57. The summed E-state index contributed by atoms with van der Waals surface area (Å²) < 4.78 is 10.3. The van der Waals surface area contributed by atoms with Gasteiger partial charge in [0.1, 0.15) is 11.8 Å². The number of anilines is 1. The van der Waals surface area contributed by atoms with E-state index >= 15 is 0 Å². The van der Waals surface area contributed by atoms with Crippen LogP contribution in [-0.4, -0.2) is 22.5 Å². The molecule has 8 heteroatoms. The number of pyridine rings is 2. The first-order valence-electron chi connectivity index (χ1n) is 6.90. The Morgan fingerprint density at radius 3 is 2.88 bits per heavy atom. The minimum Gasteiger partial charge on any atom is -0.462 e. The lowest BCUT2D eigenvalue weighted by Gasteiger charge is -2.06. The molecular formula is C16H13ClN4O3. The second-order valence-electron chi connectivity index (χ2n) is 4.36. The van der Waals surface area contributed by atoms with Gasteiger partial charge in [0.25, 0.3) is 0 Å². The Morgan fingerprint density at radius 1 is 1.42 bits per heavy atom. The summed E-state index contributed by atoms with van der Waals surface area (Å²) in [6.07, 6.45) is 5.76. The van der Waals surface area contributed by atoms with E-state index in [1.807, 2.05) is 0 Å². The lowest BCUT2D eigenvalue weighted by molar-refractivity contribution is -0.138. The Labute approximate surface area is 143 Å². The Bertz CT molecular complexity index is 785. The number of halogens is 1. The van der Waals surface area contributed by atoms with Crippen molar-refractivity contribution in [3.63, 3.8) is 0 Å². The predicted molar refractivity (Wildman–Crippen MR) is 87.5 cm³/mol. The van der Waals surface area contributed by atoms with Crippen LogP contribution >= 0.6 is 11.6 Å². The van der Waals surface area contributed by atoms with Crippen molar-refractivity contribution in [1.82, 2.24) is 9.97 Å². The molecule has 2 heterocycles. The Morgan fingerprint density at radius 2 is 2.25 bits per heavy atom. The van der Waals surface area contributed by atoms with Gasteiger partial charge >= 0.3 is 5.97 Å². The molecular weight excluding hydrogens is 332 g/mol. The molecule has 0 fully saturated rings. The SMILES string of the molecule is CCOC(=O)C(C#N)=CNc1ccc(Oc2cncc(Cl)c2)nc1. The maximum absolute atomic E-state index is 11.5. The third kappa shape index (κ3) is 4.97. The molecule has 0 bridgehead atoms. The van der Waals surface area contributed by atoms with E-state index in [1.165, 1.54) is 24.8 Å². The molecule has 2 aromatic heterocycles. The van der Waals surface area contributed by atoms with Crippen molar-refractivity contribution >= 4 is 23.3 Å². The molecule has 0 amide bonds. The van der Waals surface area contributed by atoms with Crippen molar-refractivity contribution in [3.8, 4) is 17.7 Å². The summed E-state index contributed by atoms with van der Waals surface area (Å²) in [7, 11) is 0. The molecule has 122 valence electrons. The maximum atomic E-state index is 11.5. The molecule has 0 saturated heterocycles. The summed E-state index contributed by atoms with van der Waals surface area (Å²) in [6, 6.07) is 6.68. The summed E-state index contributed by atoms with van der Waals surface area (Å²) in [6.45, 7) is 1.86. The highest BCUT2D eigenvalue weighted by Crippen LogP contribution is 2.22. The number of rotatable bonds is 6. The number of hydrogen-bond acceptors (Lipinski definition) is 7. The molecule has 1 N–H and O–H groups in total. The molecule has 2 aromatic rings. The van der Waals surface area contributed by atoms with E-state index in [4.69, 9.17) is 26.3 Å². The second kappa shape index (κ2) is 8.50. The predicted octanol–water partition coefficient (Wildman–Crippen LogP) is 3.30. The number of nitrogens with zero attached hydrogens (tertiary/aromatic N) is 3. The molecule has 0 aliphatic heterocycles. The van der Waals surface area contributed by atoms with Crippen molar-refractivity contribution in [3.05, 3.63) is 53.6 Å². The zero-order valence-corrected chi connectivity index (χ0v) is 13.4. The number of aromatic nitrogens is 2. The zero-order valence-electron chi connectivity index (χ0n) is 12.7. The highest BCUT2D eigenvalue weighted by Gasteiger charge is 2.09. The Kier molecular flexibility index (Phi) is 6.11. The van der Waals surface area contributed by atoms with Gasteiger partial charge in [0, 0.05) is 24.5 Å². The molecule has 0 radical (unpaired) electrons. The zero-order chi connectivity index (χ0) is 17.4. The third-order valence-corrected chi connectivity index (χ3v) is 2.84. The van der Waals surface area contributed by atoms with Gasteiger partial charge in [-0.15, -0.1) is 0 Å². The van der Waals surface area contributed by atoms with Crippen molar-refractivity contribution in [2.24, 2.45) is 0 Å². The van der Waals surface area contributed by atoms with Gasteiger partial charge in [-0.2, -0.15) is 5.26 Å². The van der Waals surface area contributed by atoms with Gasteiger partial charge in [-0.05, 0) is 13.0 Å². The fourth-order valence-corrected chi connectivity index (χ4v) is 1.76. The summed E-state index contributed by atoms with van der Waals surface area (Å²) in [4.78, 5) is 19.5. The average molecular weight is 345 g/mol. The van der Waals surface area contributed by atoms with Crippen LogP contribution in [0.4, 0.5) is 5.69 Å². The van der Waals surface area contributed by atoms with Crippen LogP contribution < -0.4 is 10.1 Å². The monoisotopic (exact) mass is 344 g/mol. The van der Waals surface area contributed by atoms with Gasteiger partial charge in [-0.1, -0.05) is 11.6 Å². The number of nitrogens with one attached hydrogen (secondary N) is 1. The van der Waals surface area contributed by atoms with Crippen molar-refractivity contribution in [2.75, 3.05) is 11.9 Å². The van der Waals surface area contributed by atoms with Gasteiger partial charge in [-0.25, -0.2) is 9.78 Å². The first-order valence-corrected chi connectivity index (χ1v) is 7.28. The van der Waals surface area contributed by atoms with Crippen LogP contribution in [0.5, 0.6) is 11.6 Å². The normalized spacial score (nSPS) is 10.6. The maximum Gasteiger partial charge on any atom is 0.350 e. The quantitative estimate of drug-likeness (QED) is 0.487. The first kappa shape index (κ1) is 17.2. The summed E-state index contributed by atoms with van der Waals surface area (Å²) in [5, 5.41) is 12.2. The fourth-order valence-electron chi connectivity index (χ4n) is 1.60. The molecule has 2 rings (SSSR count). The second-order valence-corrected chi connectivity index (χ2v) is 4.80. The van der Waals surface area contributed by atoms with Crippen molar-refractivity contribution in [1.29, 1.82) is 5.26 Å². The largest absolute Gasteiger partial charge is 0.462 e.